The van der Waals surface area contributed by atoms with Gasteiger partial charge >= 0.3 is 0 Å². The van der Waals surface area contributed by atoms with Gasteiger partial charge in [-0.05, 0) is 30.0 Å². The molecule has 1 atom stereocenters. The maximum Gasteiger partial charge on any atom is 0.272 e. The highest BCUT2D eigenvalue weighted by Gasteiger charge is 2.35. The van der Waals surface area contributed by atoms with E-state index in [1.165, 1.54) is 0 Å². The van der Waals surface area contributed by atoms with Crippen LogP contribution in [0.2, 0.25) is 0 Å². The molecule has 0 saturated carbocycles. The van der Waals surface area contributed by atoms with Crippen molar-refractivity contribution in [1.29, 1.82) is 0 Å². The third-order valence-electron chi connectivity index (χ3n) is 3.48. The van der Waals surface area contributed by atoms with E-state index in [1.54, 1.807) is 0 Å². The molecule has 1 unspecified atom stereocenters. The average molecular weight is 334 g/mol. The molecule has 1 aromatic heterocycles. The lowest BCUT2D eigenvalue weighted by atomic mass is 9.96. The predicted octanol–water partition coefficient (Wildman–Crippen LogP) is 3.20. The van der Waals surface area contributed by atoms with Crippen LogP contribution in [0.1, 0.15) is 47.2 Å². The van der Waals surface area contributed by atoms with E-state index in [1.807, 2.05) is 24.3 Å². The molecule has 0 spiro atoms. The topological polar surface area (TPSA) is 57.8 Å². The number of amides is 1. The molecular formula is C15H16BrN3O. The van der Waals surface area contributed by atoms with Gasteiger partial charge < -0.3 is 5.32 Å². The van der Waals surface area contributed by atoms with Crippen LogP contribution >= 0.6 is 15.9 Å². The van der Waals surface area contributed by atoms with Gasteiger partial charge in [-0.15, -0.1) is 0 Å². The molecule has 5 heteroatoms. The van der Waals surface area contributed by atoms with Crippen LogP contribution in [-0.2, 0) is 6.42 Å². The molecule has 2 aromatic rings. The molecule has 4 nitrogen and oxygen atoms in total. The lowest BCUT2D eigenvalue weighted by Gasteiger charge is -2.14. The molecule has 1 aliphatic rings. The highest BCUT2D eigenvalue weighted by molar-refractivity contribution is 9.10. The Bertz CT molecular complexity index is 646. The first-order chi connectivity index (χ1) is 9.56. The summed E-state index contributed by atoms with van der Waals surface area (Å²) in [7, 11) is 0. The fourth-order valence-electron chi connectivity index (χ4n) is 2.61. The molecule has 2 N–H and O–H groups in total. The second-order valence-corrected chi connectivity index (χ2v) is 6.44. The first-order valence-electron chi connectivity index (χ1n) is 6.69. The van der Waals surface area contributed by atoms with E-state index in [-0.39, 0.29) is 11.9 Å². The van der Waals surface area contributed by atoms with Crippen molar-refractivity contribution in [3.05, 3.63) is 51.3 Å². The highest BCUT2D eigenvalue weighted by atomic mass is 79.9. The predicted molar refractivity (Wildman–Crippen MR) is 80.6 cm³/mol. The number of hydrogen-bond acceptors (Lipinski definition) is 2. The third-order valence-corrected chi connectivity index (χ3v) is 4.01. The van der Waals surface area contributed by atoms with Crippen LogP contribution in [0.4, 0.5) is 0 Å². The summed E-state index contributed by atoms with van der Waals surface area (Å²) in [6.07, 6.45) is 0.893. The lowest BCUT2D eigenvalue weighted by Crippen LogP contribution is -2.21. The summed E-state index contributed by atoms with van der Waals surface area (Å²) in [4.78, 5) is 12.0. The number of H-pyrrole nitrogens is 1. The van der Waals surface area contributed by atoms with Crippen LogP contribution in [0, 0.1) is 5.92 Å². The van der Waals surface area contributed by atoms with Crippen molar-refractivity contribution >= 4 is 21.8 Å². The summed E-state index contributed by atoms with van der Waals surface area (Å²) >= 11 is 3.43. The Morgan fingerprint density at radius 2 is 2.00 bits per heavy atom. The van der Waals surface area contributed by atoms with Crippen LogP contribution in [0.15, 0.2) is 28.7 Å². The van der Waals surface area contributed by atoms with E-state index in [9.17, 15) is 4.79 Å². The maximum absolute atomic E-state index is 12.0. The average Bonchev–Trinajstić information content (AvgIpc) is 2.93. The number of aromatic nitrogens is 2. The van der Waals surface area contributed by atoms with Gasteiger partial charge in [0, 0.05) is 15.7 Å². The van der Waals surface area contributed by atoms with Gasteiger partial charge in [0.25, 0.3) is 5.91 Å². The zero-order valence-electron chi connectivity index (χ0n) is 11.4. The molecule has 1 amide bonds. The normalized spacial score (nSPS) is 17.4. The summed E-state index contributed by atoms with van der Waals surface area (Å²) in [6.45, 7) is 4.32. The summed E-state index contributed by atoms with van der Waals surface area (Å²) in [5.41, 5.74) is 3.67. The number of carbonyl (C=O) groups excluding carboxylic acids is 1. The Morgan fingerprint density at radius 1 is 1.30 bits per heavy atom. The van der Waals surface area contributed by atoms with Crippen LogP contribution < -0.4 is 5.32 Å². The second-order valence-electron chi connectivity index (χ2n) is 5.52. The van der Waals surface area contributed by atoms with Gasteiger partial charge in [-0.3, -0.25) is 9.89 Å². The molecule has 0 radical (unpaired) electrons. The number of hydrogen-bond donors (Lipinski definition) is 2. The van der Waals surface area contributed by atoms with E-state index in [0.29, 0.717) is 11.6 Å². The van der Waals surface area contributed by atoms with Crippen LogP contribution in [0.5, 0.6) is 0 Å². The van der Waals surface area contributed by atoms with E-state index in [2.05, 4.69) is 45.3 Å². The van der Waals surface area contributed by atoms with Crippen molar-refractivity contribution < 1.29 is 4.79 Å². The fraction of sp³-hybridized carbons (Fsp3) is 0.333. The van der Waals surface area contributed by atoms with E-state index in [4.69, 9.17) is 0 Å². The number of halogens is 1. The molecule has 20 heavy (non-hydrogen) atoms. The zero-order chi connectivity index (χ0) is 14.3. The molecule has 1 aliphatic heterocycles. The summed E-state index contributed by atoms with van der Waals surface area (Å²) in [6, 6.07) is 7.92. The number of benzene rings is 1. The minimum atomic E-state index is -0.0990. The minimum absolute atomic E-state index is 0.0980. The van der Waals surface area contributed by atoms with Gasteiger partial charge in [-0.25, -0.2) is 0 Å². The van der Waals surface area contributed by atoms with E-state index in [0.717, 1.165) is 27.7 Å². The minimum Gasteiger partial charge on any atom is -0.340 e. The Labute approximate surface area is 126 Å². The monoisotopic (exact) mass is 333 g/mol. The quantitative estimate of drug-likeness (QED) is 0.906. The van der Waals surface area contributed by atoms with E-state index >= 15 is 0 Å². The first kappa shape index (κ1) is 13.4. The van der Waals surface area contributed by atoms with Crippen LogP contribution in [0.25, 0.3) is 0 Å². The first-order valence-corrected chi connectivity index (χ1v) is 7.49. The van der Waals surface area contributed by atoms with Gasteiger partial charge in [0.05, 0.1) is 6.04 Å². The van der Waals surface area contributed by atoms with Crippen LogP contribution in [-0.4, -0.2) is 16.1 Å². The van der Waals surface area contributed by atoms with Crippen molar-refractivity contribution in [3.8, 4) is 0 Å². The lowest BCUT2D eigenvalue weighted by molar-refractivity contribution is 0.0955. The Kier molecular flexibility index (Phi) is 3.38. The second kappa shape index (κ2) is 5.05. The van der Waals surface area contributed by atoms with Gasteiger partial charge in [-0.2, -0.15) is 5.10 Å². The van der Waals surface area contributed by atoms with Gasteiger partial charge in [0.15, 0.2) is 5.69 Å². The van der Waals surface area contributed by atoms with Crippen LogP contribution in [0.3, 0.4) is 0 Å². The molecule has 104 valence electrons. The molecule has 3 rings (SSSR count). The highest BCUT2D eigenvalue weighted by Crippen LogP contribution is 2.33. The Balaban J connectivity index is 2.03. The molecular weight excluding hydrogens is 318 g/mol. The van der Waals surface area contributed by atoms with Crippen molar-refractivity contribution in [3.63, 3.8) is 0 Å². The summed E-state index contributed by atoms with van der Waals surface area (Å²) in [5.74, 6) is 0.417. The number of nitrogens with one attached hydrogen (secondary N) is 2. The standard InChI is InChI=1S/C15H16BrN3O/c1-8(2)7-11-12-13(9-3-5-10(16)6-4-9)17-15(20)14(12)19-18-11/h3-6,8,13H,7H2,1-2H3,(H,17,20)(H,18,19). The molecule has 0 aliphatic carbocycles. The molecule has 0 fully saturated rings. The van der Waals surface area contributed by atoms with Gasteiger partial charge in [0.1, 0.15) is 0 Å². The molecule has 2 heterocycles. The number of nitrogens with zero attached hydrogens (tertiary/aromatic N) is 1. The molecule has 1 aromatic carbocycles. The molecule has 0 saturated heterocycles. The van der Waals surface area contributed by atoms with E-state index < -0.39 is 0 Å². The number of rotatable bonds is 3. The van der Waals surface area contributed by atoms with Crippen molar-refractivity contribution in [2.75, 3.05) is 0 Å². The van der Waals surface area contributed by atoms with Crippen molar-refractivity contribution in [2.24, 2.45) is 5.92 Å². The number of fused-ring (bicyclic) bond motifs is 1. The number of aromatic amines is 1. The Hall–Kier alpha value is -1.62. The summed E-state index contributed by atoms with van der Waals surface area (Å²) in [5, 5.41) is 10.2. The smallest absolute Gasteiger partial charge is 0.272 e. The largest absolute Gasteiger partial charge is 0.340 e. The Morgan fingerprint density at radius 3 is 2.65 bits per heavy atom. The van der Waals surface area contributed by atoms with Crippen molar-refractivity contribution in [1.82, 2.24) is 15.5 Å². The SMILES string of the molecule is CC(C)Cc1[nH]nc2c1C(c1ccc(Br)cc1)NC2=O. The third kappa shape index (κ3) is 2.26. The van der Waals surface area contributed by atoms with Gasteiger partial charge in [0.2, 0.25) is 0 Å². The van der Waals surface area contributed by atoms with Crippen molar-refractivity contribution in [2.45, 2.75) is 26.3 Å². The fourth-order valence-corrected chi connectivity index (χ4v) is 2.88. The number of carbonyl (C=O) groups is 1. The zero-order valence-corrected chi connectivity index (χ0v) is 13.0. The maximum atomic E-state index is 12.0. The molecule has 0 bridgehead atoms. The van der Waals surface area contributed by atoms with Gasteiger partial charge in [-0.1, -0.05) is 41.9 Å². The summed E-state index contributed by atoms with van der Waals surface area (Å²) < 4.78 is 1.03.